The van der Waals surface area contributed by atoms with Gasteiger partial charge in [0.05, 0.1) is 28.9 Å². The van der Waals surface area contributed by atoms with Gasteiger partial charge in [0.15, 0.2) is 0 Å². The van der Waals surface area contributed by atoms with Gasteiger partial charge in [0.2, 0.25) is 0 Å². The average Bonchev–Trinajstić information content (AvgIpc) is 2.74. The third-order valence-corrected chi connectivity index (χ3v) is 5.06. The Morgan fingerprint density at radius 3 is 2.32 bits per heavy atom. The maximum absolute atomic E-state index is 13.6. The number of amides is 2. The van der Waals surface area contributed by atoms with Crippen LogP contribution in [0.2, 0.25) is 0 Å². The van der Waals surface area contributed by atoms with E-state index in [-0.39, 0.29) is 5.69 Å². The van der Waals surface area contributed by atoms with Crippen molar-refractivity contribution in [1.29, 1.82) is 5.26 Å². The Morgan fingerprint density at radius 1 is 1.12 bits per heavy atom. The van der Waals surface area contributed by atoms with Gasteiger partial charge in [-0.1, -0.05) is 18.2 Å². The molecule has 0 saturated carbocycles. The molecule has 1 heterocycles. The lowest BCUT2D eigenvalue weighted by Gasteiger charge is -2.40. The Hall–Kier alpha value is -3.80. The van der Waals surface area contributed by atoms with Crippen molar-refractivity contribution in [3.63, 3.8) is 0 Å². The highest BCUT2D eigenvalue weighted by Crippen LogP contribution is 2.37. The molecule has 9 heteroatoms. The van der Waals surface area contributed by atoms with Gasteiger partial charge in [0, 0.05) is 5.70 Å². The van der Waals surface area contributed by atoms with E-state index in [0.717, 1.165) is 17.0 Å². The average molecular weight is 471 g/mol. The van der Waals surface area contributed by atoms with Gasteiger partial charge in [-0.25, -0.2) is 4.79 Å². The summed E-state index contributed by atoms with van der Waals surface area (Å²) in [5.74, 6) is -0.656. The molecule has 2 amide bonds. The van der Waals surface area contributed by atoms with Gasteiger partial charge >= 0.3 is 18.2 Å². The van der Waals surface area contributed by atoms with Crippen molar-refractivity contribution < 1.29 is 27.5 Å². The fourth-order valence-electron chi connectivity index (χ4n) is 3.64. The number of nitrogens with zero attached hydrogens (tertiary/aromatic N) is 3. The first-order chi connectivity index (χ1) is 15.8. The lowest BCUT2D eigenvalue weighted by atomic mass is 10.00. The Balaban J connectivity index is 2.05. The molecular formula is C25H24F3N3O3. The van der Waals surface area contributed by atoms with Crippen molar-refractivity contribution in [3.8, 4) is 6.07 Å². The zero-order valence-electron chi connectivity index (χ0n) is 19.2. The molecule has 0 bridgehead atoms. The molecular weight excluding hydrogens is 447 g/mol. The maximum Gasteiger partial charge on any atom is 0.416 e. The van der Waals surface area contributed by atoms with Gasteiger partial charge in [-0.15, -0.1) is 0 Å². The smallest absolute Gasteiger partial charge is 0.416 e. The minimum absolute atomic E-state index is 0.0287. The first kappa shape index (κ1) is 24.8. The van der Waals surface area contributed by atoms with Crippen molar-refractivity contribution in [3.05, 3.63) is 77.0 Å². The van der Waals surface area contributed by atoms with E-state index in [9.17, 15) is 22.8 Å². The number of nitriles is 1. The second-order valence-corrected chi connectivity index (χ2v) is 8.87. The Kier molecular flexibility index (Phi) is 6.73. The van der Waals surface area contributed by atoms with Crippen LogP contribution in [0.25, 0.3) is 0 Å². The number of anilines is 1. The summed E-state index contributed by atoms with van der Waals surface area (Å²) >= 11 is 0. The van der Waals surface area contributed by atoms with Crippen LogP contribution in [0.3, 0.4) is 0 Å². The van der Waals surface area contributed by atoms with Crippen LogP contribution in [0.1, 0.15) is 50.4 Å². The van der Waals surface area contributed by atoms with E-state index >= 15 is 0 Å². The molecule has 2 aromatic rings. The van der Waals surface area contributed by atoms with Gasteiger partial charge in [0.1, 0.15) is 12.1 Å². The van der Waals surface area contributed by atoms with Crippen LogP contribution in [-0.2, 0) is 15.7 Å². The Bertz CT molecular complexity index is 1160. The molecule has 0 saturated heterocycles. The SMILES string of the molecule is CC1=CC(c2ccc(C#N)cc2)N(CC(=O)OC(C)(C)C)C(=O)N1c1cccc(C(F)(F)F)c1. The Labute approximate surface area is 195 Å². The number of benzene rings is 2. The molecule has 0 spiro atoms. The highest BCUT2D eigenvalue weighted by molar-refractivity contribution is 5.98. The number of hydrogen-bond acceptors (Lipinski definition) is 4. The summed E-state index contributed by atoms with van der Waals surface area (Å²) in [4.78, 5) is 28.6. The van der Waals surface area contributed by atoms with Gasteiger partial charge in [-0.2, -0.15) is 18.4 Å². The van der Waals surface area contributed by atoms with Crippen LogP contribution in [0.5, 0.6) is 0 Å². The predicted octanol–water partition coefficient (Wildman–Crippen LogP) is 5.81. The van der Waals surface area contributed by atoms with E-state index in [2.05, 4.69) is 0 Å². The number of hydrogen-bond donors (Lipinski definition) is 0. The highest BCUT2D eigenvalue weighted by Gasteiger charge is 2.38. The van der Waals surface area contributed by atoms with Crippen LogP contribution in [0.4, 0.5) is 23.7 Å². The standard InChI is InChI=1S/C25H24F3N3O3/c1-16-12-21(18-10-8-17(14-29)9-11-18)30(15-22(32)34-24(2,3)4)23(33)31(16)20-7-5-6-19(13-20)25(26,27)28/h5-13,21H,15H2,1-4H3. The van der Waals surface area contributed by atoms with Crippen molar-refractivity contribution in [2.75, 3.05) is 11.4 Å². The monoisotopic (exact) mass is 471 g/mol. The summed E-state index contributed by atoms with van der Waals surface area (Å²) in [6.45, 7) is 6.28. The molecule has 1 unspecified atom stereocenters. The first-order valence-corrected chi connectivity index (χ1v) is 10.5. The fraction of sp³-hybridized carbons (Fsp3) is 0.320. The van der Waals surface area contributed by atoms with E-state index in [1.807, 2.05) is 6.07 Å². The Morgan fingerprint density at radius 2 is 1.76 bits per heavy atom. The van der Waals surface area contributed by atoms with Crippen LogP contribution >= 0.6 is 0 Å². The fourth-order valence-corrected chi connectivity index (χ4v) is 3.64. The largest absolute Gasteiger partial charge is 0.459 e. The summed E-state index contributed by atoms with van der Waals surface area (Å²) in [5, 5.41) is 9.07. The number of ether oxygens (including phenoxy) is 1. The second kappa shape index (κ2) is 9.21. The maximum atomic E-state index is 13.6. The zero-order chi connectivity index (χ0) is 25.3. The molecule has 3 rings (SSSR count). The quantitative estimate of drug-likeness (QED) is 0.528. The molecule has 2 aromatic carbocycles. The summed E-state index contributed by atoms with van der Waals surface area (Å²) < 4.78 is 45.2. The summed E-state index contributed by atoms with van der Waals surface area (Å²) in [6.07, 6.45) is -2.89. The molecule has 6 nitrogen and oxygen atoms in total. The molecule has 1 aliphatic rings. The summed E-state index contributed by atoms with van der Waals surface area (Å²) in [6, 6.07) is 11.6. The van der Waals surface area contributed by atoms with Gasteiger partial charge < -0.3 is 9.64 Å². The summed E-state index contributed by atoms with van der Waals surface area (Å²) in [7, 11) is 0. The third-order valence-electron chi connectivity index (χ3n) is 5.06. The summed E-state index contributed by atoms with van der Waals surface area (Å²) in [5.41, 5.74) is -0.180. The topological polar surface area (TPSA) is 73.6 Å². The van der Waals surface area contributed by atoms with Crippen LogP contribution in [-0.4, -0.2) is 29.0 Å². The van der Waals surface area contributed by atoms with Crippen LogP contribution in [0.15, 0.2) is 60.3 Å². The van der Waals surface area contributed by atoms with Gasteiger partial charge in [-0.3, -0.25) is 9.69 Å². The molecule has 178 valence electrons. The van der Waals surface area contributed by atoms with Gasteiger partial charge in [-0.05, 0) is 69.7 Å². The van der Waals surface area contributed by atoms with Crippen molar-refractivity contribution in [1.82, 2.24) is 4.90 Å². The van der Waals surface area contributed by atoms with Crippen LogP contribution < -0.4 is 4.90 Å². The van der Waals surface area contributed by atoms with E-state index in [0.29, 0.717) is 16.8 Å². The molecule has 1 aliphatic heterocycles. The third kappa shape index (κ3) is 5.57. The highest BCUT2D eigenvalue weighted by atomic mass is 19.4. The minimum Gasteiger partial charge on any atom is -0.459 e. The first-order valence-electron chi connectivity index (χ1n) is 10.5. The lowest BCUT2D eigenvalue weighted by Crippen LogP contribution is -2.50. The van der Waals surface area contributed by atoms with Crippen molar-refractivity contribution in [2.45, 2.75) is 45.5 Å². The van der Waals surface area contributed by atoms with Gasteiger partial charge in [0.25, 0.3) is 0 Å². The normalized spacial score (nSPS) is 16.7. The molecule has 0 radical (unpaired) electrons. The number of rotatable bonds is 4. The molecule has 0 aromatic heterocycles. The zero-order valence-corrected chi connectivity index (χ0v) is 19.2. The molecule has 0 N–H and O–H groups in total. The van der Waals surface area contributed by atoms with Crippen LogP contribution in [0, 0.1) is 11.3 Å². The molecule has 0 aliphatic carbocycles. The predicted molar refractivity (Wildman–Crippen MR) is 120 cm³/mol. The van der Waals surface area contributed by atoms with E-state index < -0.39 is 41.9 Å². The van der Waals surface area contributed by atoms with Crippen molar-refractivity contribution in [2.24, 2.45) is 0 Å². The van der Waals surface area contributed by atoms with E-state index in [4.69, 9.17) is 10.00 Å². The number of allylic oxidation sites excluding steroid dienone is 1. The molecule has 34 heavy (non-hydrogen) atoms. The number of carbonyl (C=O) groups is 2. The number of carbonyl (C=O) groups excluding carboxylic acids is 2. The number of halogens is 3. The molecule has 0 fully saturated rings. The van der Waals surface area contributed by atoms with E-state index in [1.54, 1.807) is 58.0 Å². The minimum atomic E-state index is -4.58. The lowest BCUT2D eigenvalue weighted by molar-refractivity contribution is -0.155. The number of urea groups is 1. The number of esters is 1. The second-order valence-electron chi connectivity index (χ2n) is 8.87. The number of alkyl halides is 3. The van der Waals surface area contributed by atoms with E-state index in [1.165, 1.54) is 17.0 Å². The molecule has 1 atom stereocenters. The van der Waals surface area contributed by atoms with Crippen molar-refractivity contribution >= 4 is 17.7 Å².